The first-order valence-corrected chi connectivity index (χ1v) is 11.0. The molecule has 8 heteroatoms. The fourth-order valence-electron chi connectivity index (χ4n) is 3.29. The summed E-state index contributed by atoms with van der Waals surface area (Å²) in [4.78, 5) is 47.4. The van der Waals surface area contributed by atoms with E-state index in [0.717, 1.165) is 6.54 Å². The molecule has 2 rings (SSSR count). The molecular weight excluding hydrogens is 426 g/mol. The lowest BCUT2D eigenvalue weighted by molar-refractivity contribution is -0.128. The molecule has 184 valence electrons. The van der Waals surface area contributed by atoms with E-state index in [1.807, 2.05) is 18.2 Å². The third-order valence-electron chi connectivity index (χ3n) is 4.63. The maximum absolute atomic E-state index is 11.6. The highest BCUT2D eigenvalue weighted by atomic mass is 16.8. The SMILES string of the molecule is CC(=O)[C@H]1CN(Cc2ccccc2)C[C@@H]1C(C)=O.CC(C)(C)OC(=O)OC(=O)OC(C)(C)C. The monoisotopic (exact) mass is 463 g/mol. The van der Waals surface area contributed by atoms with Crippen molar-refractivity contribution in [2.75, 3.05) is 13.1 Å². The van der Waals surface area contributed by atoms with Crippen molar-refractivity contribution < 1.29 is 33.4 Å². The topological polar surface area (TPSA) is 99.2 Å². The van der Waals surface area contributed by atoms with Gasteiger partial charge in [0.15, 0.2) is 0 Å². The number of rotatable bonds is 4. The summed E-state index contributed by atoms with van der Waals surface area (Å²) in [7, 11) is 0. The van der Waals surface area contributed by atoms with Gasteiger partial charge in [-0.25, -0.2) is 9.59 Å². The summed E-state index contributed by atoms with van der Waals surface area (Å²) in [5.41, 5.74) is -0.165. The normalized spacial score (nSPS) is 18.5. The van der Waals surface area contributed by atoms with Gasteiger partial charge in [0.25, 0.3) is 0 Å². The molecule has 1 fully saturated rings. The van der Waals surface area contributed by atoms with Crippen LogP contribution >= 0.6 is 0 Å². The van der Waals surface area contributed by atoms with Gasteiger partial charge in [-0.1, -0.05) is 30.3 Å². The molecule has 0 N–H and O–H groups in total. The zero-order valence-electron chi connectivity index (χ0n) is 21.0. The number of hydrogen-bond acceptors (Lipinski definition) is 8. The van der Waals surface area contributed by atoms with E-state index in [4.69, 9.17) is 9.47 Å². The highest BCUT2D eigenvalue weighted by Gasteiger charge is 2.38. The van der Waals surface area contributed by atoms with Crippen molar-refractivity contribution in [3.05, 3.63) is 35.9 Å². The van der Waals surface area contributed by atoms with Gasteiger partial charge in [0, 0.05) is 31.5 Å². The van der Waals surface area contributed by atoms with Crippen LogP contribution < -0.4 is 0 Å². The second-order valence-corrected chi connectivity index (χ2v) is 10.1. The lowest BCUT2D eigenvalue weighted by Crippen LogP contribution is -2.29. The van der Waals surface area contributed by atoms with Gasteiger partial charge in [-0.2, -0.15) is 0 Å². The fourth-order valence-corrected chi connectivity index (χ4v) is 3.29. The van der Waals surface area contributed by atoms with Crippen molar-refractivity contribution >= 4 is 23.9 Å². The van der Waals surface area contributed by atoms with E-state index in [0.29, 0.717) is 13.1 Å². The van der Waals surface area contributed by atoms with E-state index in [-0.39, 0.29) is 23.4 Å². The fraction of sp³-hybridized carbons (Fsp3) is 0.600. The molecule has 2 atom stereocenters. The third-order valence-corrected chi connectivity index (χ3v) is 4.63. The molecule has 0 aliphatic carbocycles. The molecule has 0 radical (unpaired) electrons. The first kappa shape index (κ1) is 28.3. The molecule has 1 heterocycles. The van der Waals surface area contributed by atoms with E-state index < -0.39 is 23.5 Å². The van der Waals surface area contributed by atoms with Gasteiger partial charge >= 0.3 is 12.3 Å². The van der Waals surface area contributed by atoms with Crippen LogP contribution in [0.3, 0.4) is 0 Å². The number of benzene rings is 1. The van der Waals surface area contributed by atoms with Crippen LogP contribution in [0, 0.1) is 11.8 Å². The Morgan fingerprint density at radius 1 is 0.788 bits per heavy atom. The van der Waals surface area contributed by atoms with Gasteiger partial charge in [-0.15, -0.1) is 0 Å². The van der Waals surface area contributed by atoms with E-state index in [9.17, 15) is 19.2 Å². The maximum atomic E-state index is 11.6. The zero-order valence-corrected chi connectivity index (χ0v) is 21.0. The molecule has 33 heavy (non-hydrogen) atoms. The second-order valence-electron chi connectivity index (χ2n) is 10.1. The number of ketones is 2. The number of likely N-dealkylation sites (tertiary alicyclic amines) is 1. The Hall–Kier alpha value is -2.74. The van der Waals surface area contributed by atoms with Crippen LogP contribution in [-0.4, -0.2) is 53.1 Å². The standard InChI is InChI=1S/C15H19NO2.C10H18O5/c1-11(17)14-9-16(10-15(14)12(2)18)8-13-6-4-3-5-7-13;1-9(2,3)14-7(11)13-8(12)15-10(4,5)6/h3-7,14-15H,8-10H2,1-2H3;1-6H3/t14-,15-;/m1./s1. The number of hydrogen-bond donors (Lipinski definition) is 0. The van der Waals surface area contributed by atoms with Crippen LogP contribution in [0.4, 0.5) is 9.59 Å². The smallest absolute Gasteiger partial charge is 0.428 e. The highest BCUT2D eigenvalue weighted by Crippen LogP contribution is 2.26. The maximum Gasteiger partial charge on any atom is 0.519 e. The van der Waals surface area contributed by atoms with Crippen LogP contribution in [0.2, 0.25) is 0 Å². The highest BCUT2D eigenvalue weighted by molar-refractivity contribution is 5.88. The van der Waals surface area contributed by atoms with Gasteiger partial charge in [0.1, 0.15) is 22.8 Å². The predicted octanol–water partition coefficient (Wildman–Crippen LogP) is 4.79. The number of carbonyl (C=O) groups is 4. The van der Waals surface area contributed by atoms with E-state index >= 15 is 0 Å². The van der Waals surface area contributed by atoms with Crippen molar-refractivity contribution in [2.24, 2.45) is 11.8 Å². The number of carbonyl (C=O) groups excluding carboxylic acids is 4. The minimum atomic E-state index is -1.06. The van der Waals surface area contributed by atoms with Crippen molar-refractivity contribution in [3.63, 3.8) is 0 Å². The molecule has 1 aromatic rings. The van der Waals surface area contributed by atoms with Gasteiger partial charge in [0.05, 0.1) is 0 Å². The molecule has 0 amide bonds. The van der Waals surface area contributed by atoms with E-state index in [2.05, 4.69) is 21.8 Å². The zero-order chi connectivity index (χ0) is 25.4. The van der Waals surface area contributed by atoms with Gasteiger partial charge in [0.2, 0.25) is 0 Å². The number of ether oxygens (including phenoxy) is 3. The summed E-state index contributed by atoms with van der Waals surface area (Å²) >= 11 is 0. The number of Topliss-reactive ketones (excluding diaryl/α,β-unsaturated/α-hetero) is 2. The molecular formula is C25H37NO7. The summed E-state index contributed by atoms with van der Waals surface area (Å²) in [6.45, 7) is 15.4. The van der Waals surface area contributed by atoms with Crippen molar-refractivity contribution in [1.29, 1.82) is 0 Å². The van der Waals surface area contributed by atoms with E-state index in [1.54, 1.807) is 55.4 Å². The minimum Gasteiger partial charge on any atom is -0.428 e. The molecule has 0 unspecified atom stereocenters. The third kappa shape index (κ3) is 11.6. The van der Waals surface area contributed by atoms with E-state index in [1.165, 1.54) is 5.56 Å². The second kappa shape index (κ2) is 11.9. The Morgan fingerprint density at radius 3 is 1.52 bits per heavy atom. The average Bonchev–Trinajstić information content (AvgIpc) is 3.04. The van der Waals surface area contributed by atoms with Gasteiger partial charge in [-0.05, 0) is 61.0 Å². The Labute approximate surface area is 196 Å². The molecule has 0 bridgehead atoms. The Balaban J connectivity index is 0.000000337. The molecule has 0 saturated carbocycles. The molecule has 0 aromatic heterocycles. The van der Waals surface area contributed by atoms with Crippen LogP contribution in [0.5, 0.6) is 0 Å². The van der Waals surface area contributed by atoms with Crippen LogP contribution in [-0.2, 0) is 30.3 Å². The van der Waals surface area contributed by atoms with Crippen LogP contribution in [0.25, 0.3) is 0 Å². The van der Waals surface area contributed by atoms with Gasteiger partial charge < -0.3 is 14.2 Å². The summed E-state index contributed by atoms with van der Waals surface area (Å²) < 4.78 is 13.8. The summed E-state index contributed by atoms with van der Waals surface area (Å²) in [6.07, 6.45) is -2.12. The Morgan fingerprint density at radius 2 is 1.18 bits per heavy atom. The van der Waals surface area contributed by atoms with Crippen molar-refractivity contribution in [2.45, 2.75) is 73.1 Å². The summed E-state index contributed by atoms with van der Waals surface area (Å²) in [6, 6.07) is 10.2. The average molecular weight is 464 g/mol. The van der Waals surface area contributed by atoms with Gasteiger partial charge in [-0.3, -0.25) is 14.5 Å². The first-order valence-electron chi connectivity index (χ1n) is 11.0. The molecule has 0 spiro atoms. The van der Waals surface area contributed by atoms with Crippen LogP contribution in [0.15, 0.2) is 30.3 Å². The minimum absolute atomic E-state index is 0.119. The molecule has 1 aromatic carbocycles. The molecule has 1 saturated heterocycles. The molecule has 1 aliphatic heterocycles. The summed E-state index contributed by atoms with van der Waals surface area (Å²) in [5, 5.41) is 0. The largest absolute Gasteiger partial charge is 0.519 e. The lowest BCUT2D eigenvalue weighted by atomic mass is 9.90. The quantitative estimate of drug-likeness (QED) is 0.464. The molecule has 8 nitrogen and oxygen atoms in total. The van der Waals surface area contributed by atoms with Crippen LogP contribution in [0.1, 0.15) is 61.0 Å². The molecule has 1 aliphatic rings. The Kier molecular flexibility index (Phi) is 10.2. The lowest BCUT2D eigenvalue weighted by Gasteiger charge is -2.20. The Bertz CT molecular complexity index is 773. The number of nitrogens with zero attached hydrogens (tertiary/aromatic N) is 1. The van der Waals surface area contributed by atoms with Crippen molar-refractivity contribution in [3.8, 4) is 0 Å². The van der Waals surface area contributed by atoms with Crippen molar-refractivity contribution in [1.82, 2.24) is 4.90 Å². The summed E-state index contributed by atoms with van der Waals surface area (Å²) in [5.74, 6) is 0.0222. The predicted molar refractivity (Wildman–Crippen MR) is 124 cm³/mol. The first-order chi connectivity index (χ1) is 15.1.